The fraction of sp³-hybridized carbons (Fsp3) is 0.154. The minimum Gasteiger partial charge on any atom is -0.0987 e. The average Bonchev–Trinajstić information content (AvgIpc) is 3.00. The molecule has 0 saturated carbocycles. The van der Waals surface area contributed by atoms with E-state index < -0.39 is 0 Å². The highest BCUT2D eigenvalue weighted by Crippen LogP contribution is 2.51. The van der Waals surface area contributed by atoms with Crippen LogP contribution in [0.2, 0.25) is 0 Å². The van der Waals surface area contributed by atoms with E-state index in [-0.39, 0.29) is 5.41 Å². The van der Waals surface area contributed by atoms with Crippen LogP contribution in [0.5, 0.6) is 0 Å². The fourth-order valence-corrected chi connectivity index (χ4v) is 4.04. The molecule has 2 aromatic rings. The van der Waals surface area contributed by atoms with Gasteiger partial charge >= 0.3 is 0 Å². The van der Waals surface area contributed by atoms with Crippen LogP contribution < -0.4 is 0 Å². The van der Waals surface area contributed by atoms with Gasteiger partial charge in [-0.3, -0.25) is 0 Å². The van der Waals surface area contributed by atoms with Crippen LogP contribution in [0.25, 0.3) is 10.8 Å². The quantitative estimate of drug-likeness (QED) is 0.497. The predicted octanol–water partition coefficient (Wildman–Crippen LogP) is 7.01. The molecule has 0 nitrogen and oxygen atoms in total. The van der Waals surface area contributed by atoms with Crippen LogP contribution in [0, 0.1) is 0 Å². The Bertz CT molecular complexity index is 957. The van der Waals surface area contributed by atoms with Gasteiger partial charge in [-0.15, -0.1) is 0 Å². The van der Waals surface area contributed by atoms with Gasteiger partial charge < -0.3 is 0 Å². The van der Waals surface area contributed by atoms with Gasteiger partial charge in [-0.2, -0.15) is 0 Å². The molecule has 2 aromatic carbocycles. The lowest BCUT2D eigenvalue weighted by Gasteiger charge is -2.33. The molecule has 1 aliphatic carbocycles. The third-order valence-corrected chi connectivity index (χ3v) is 5.24. The van der Waals surface area contributed by atoms with Crippen LogP contribution in [0.3, 0.4) is 0 Å². The summed E-state index contributed by atoms with van der Waals surface area (Å²) in [6.45, 7) is 12.7. The van der Waals surface area contributed by atoms with Gasteiger partial charge in [0.2, 0.25) is 0 Å². The first-order chi connectivity index (χ1) is 12.7. The Morgan fingerprint density at radius 1 is 1.00 bits per heavy atom. The second-order valence-corrected chi connectivity index (χ2v) is 6.66. The zero-order valence-corrected chi connectivity index (χ0v) is 15.7. The Labute approximate surface area is 157 Å². The molecule has 26 heavy (non-hydrogen) atoms. The Morgan fingerprint density at radius 3 is 2.42 bits per heavy atom. The lowest BCUT2D eigenvalue weighted by Crippen LogP contribution is -2.29. The summed E-state index contributed by atoms with van der Waals surface area (Å²) in [6, 6.07) is 13.2. The van der Waals surface area contributed by atoms with Gasteiger partial charge in [0.15, 0.2) is 0 Å². The lowest BCUT2D eigenvalue weighted by molar-refractivity contribution is 0.641. The van der Waals surface area contributed by atoms with E-state index in [0.29, 0.717) is 0 Å². The standard InChI is InChI=1S/C26H26/c1-5-8-10-13-20(4)26(23(7-3)17-9-6-2)19-22-16-11-14-21-15-12-18-24(26)25(21)22/h5-18H,3-4,19H2,1-2H3/b8-5-,9-6-,13-10-,23-17+. The van der Waals surface area contributed by atoms with E-state index in [1.807, 2.05) is 32.1 Å². The van der Waals surface area contributed by atoms with Gasteiger partial charge in [0.25, 0.3) is 0 Å². The molecule has 0 saturated heterocycles. The minimum atomic E-state index is -0.275. The molecule has 0 radical (unpaired) electrons. The van der Waals surface area contributed by atoms with Crippen LogP contribution in [-0.4, -0.2) is 0 Å². The van der Waals surface area contributed by atoms with Crippen molar-refractivity contribution in [2.24, 2.45) is 0 Å². The third-order valence-electron chi connectivity index (χ3n) is 5.24. The van der Waals surface area contributed by atoms with Crippen molar-refractivity contribution >= 4 is 10.8 Å². The third kappa shape index (κ3) is 2.82. The number of hydrogen-bond donors (Lipinski definition) is 0. The minimum absolute atomic E-state index is 0.275. The summed E-state index contributed by atoms with van der Waals surface area (Å²) >= 11 is 0. The first-order valence-electron chi connectivity index (χ1n) is 9.14. The first kappa shape index (κ1) is 17.9. The Kier molecular flexibility index (Phi) is 5.23. The molecule has 1 atom stereocenters. The monoisotopic (exact) mass is 338 g/mol. The lowest BCUT2D eigenvalue weighted by atomic mass is 9.68. The summed E-state index contributed by atoms with van der Waals surface area (Å²) in [5.74, 6) is 0. The van der Waals surface area contributed by atoms with Crippen molar-refractivity contribution in [3.63, 3.8) is 0 Å². The van der Waals surface area contributed by atoms with Crippen molar-refractivity contribution in [1.29, 1.82) is 0 Å². The van der Waals surface area contributed by atoms with Gasteiger partial charge in [-0.25, -0.2) is 0 Å². The number of benzene rings is 2. The van der Waals surface area contributed by atoms with Gasteiger partial charge in [0, 0.05) is 5.41 Å². The summed E-state index contributed by atoms with van der Waals surface area (Å²) < 4.78 is 0. The summed E-state index contributed by atoms with van der Waals surface area (Å²) in [6.07, 6.45) is 17.5. The van der Waals surface area contributed by atoms with E-state index in [9.17, 15) is 0 Å². The highest BCUT2D eigenvalue weighted by atomic mass is 14.4. The van der Waals surface area contributed by atoms with Crippen LogP contribution in [0.4, 0.5) is 0 Å². The van der Waals surface area contributed by atoms with E-state index in [2.05, 4.69) is 79.9 Å². The first-order valence-corrected chi connectivity index (χ1v) is 9.14. The molecule has 0 spiro atoms. The van der Waals surface area contributed by atoms with Crippen LogP contribution in [-0.2, 0) is 11.8 Å². The molecule has 0 fully saturated rings. The SMILES string of the molecule is C=C/C(=C\C=C/C)C1(C(=C)/C=C\C=C/C)Cc2cccc3cccc1c23. The Hall–Kier alpha value is -2.86. The van der Waals surface area contributed by atoms with Crippen molar-refractivity contribution in [1.82, 2.24) is 0 Å². The van der Waals surface area contributed by atoms with Gasteiger partial charge in [0.1, 0.15) is 0 Å². The van der Waals surface area contributed by atoms with E-state index >= 15 is 0 Å². The summed E-state index contributed by atoms with van der Waals surface area (Å²) in [4.78, 5) is 0. The zero-order chi connectivity index (χ0) is 18.6. The topological polar surface area (TPSA) is 0 Å². The van der Waals surface area contributed by atoms with Crippen LogP contribution in [0.15, 0.2) is 109 Å². The highest BCUT2D eigenvalue weighted by molar-refractivity contribution is 5.94. The van der Waals surface area contributed by atoms with E-state index in [0.717, 1.165) is 12.0 Å². The van der Waals surface area contributed by atoms with Gasteiger partial charge in [-0.1, -0.05) is 98.2 Å². The van der Waals surface area contributed by atoms with Crippen molar-refractivity contribution in [3.8, 4) is 0 Å². The van der Waals surface area contributed by atoms with Crippen molar-refractivity contribution in [3.05, 3.63) is 120 Å². The Balaban J connectivity index is 2.30. The van der Waals surface area contributed by atoms with Crippen molar-refractivity contribution < 1.29 is 0 Å². The molecule has 0 bridgehead atoms. The molecule has 130 valence electrons. The van der Waals surface area contributed by atoms with Crippen molar-refractivity contribution in [2.45, 2.75) is 25.7 Å². The molecule has 0 heteroatoms. The largest absolute Gasteiger partial charge is 0.0987 e. The summed E-state index contributed by atoms with van der Waals surface area (Å²) in [5.41, 5.74) is 4.72. The smallest absolute Gasteiger partial charge is 0.0491 e. The summed E-state index contributed by atoms with van der Waals surface area (Å²) in [5, 5.41) is 2.66. The number of allylic oxidation sites excluding steroid dienone is 10. The van der Waals surface area contributed by atoms with E-state index in [4.69, 9.17) is 0 Å². The maximum Gasteiger partial charge on any atom is 0.0491 e. The summed E-state index contributed by atoms with van der Waals surface area (Å²) in [7, 11) is 0. The Morgan fingerprint density at radius 2 is 1.73 bits per heavy atom. The van der Waals surface area contributed by atoms with Gasteiger partial charge in [-0.05, 0) is 53.3 Å². The van der Waals surface area contributed by atoms with Crippen molar-refractivity contribution in [2.75, 3.05) is 0 Å². The molecular weight excluding hydrogens is 312 g/mol. The second kappa shape index (κ2) is 7.58. The van der Waals surface area contributed by atoms with E-state index in [1.165, 1.54) is 27.5 Å². The van der Waals surface area contributed by atoms with Crippen LogP contribution >= 0.6 is 0 Å². The molecule has 0 N–H and O–H groups in total. The molecule has 0 aromatic heterocycles. The molecule has 1 aliphatic rings. The van der Waals surface area contributed by atoms with E-state index in [1.54, 1.807) is 0 Å². The highest BCUT2D eigenvalue weighted by Gasteiger charge is 2.42. The fourth-order valence-electron chi connectivity index (χ4n) is 4.04. The number of hydrogen-bond acceptors (Lipinski definition) is 0. The molecule has 0 heterocycles. The number of rotatable bonds is 6. The van der Waals surface area contributed by atoms with Gasteiger partial charge in [0.05, 0.1) is 0 Å². The molecular formula is C26H26. The molecule has 0 amide bonds. The second-order valence-electron chi connectivity index (χ2n) is 6.66. The molecule has 0 aliphatic heterocycles. The molecule has 1 unspecified atom stereocenters. The van der Waals surface area contributed by atoms with Crippen LogP contribution in [0.1, 0.15) is 25.0 Å². The maximum absolute atomic E-state index is 4.49. The normalized spacial score (nSPS) is 20.0. The zero-order valence-electron chi connectivity index (χ0n) is 15.7. The molecule has 3 rings (SSSR count). The predicted molar refractivity (Wildman–Crippen MR) is 116 cm³/mol. The average molecular weight is 338 g/mol. The maximum atomic E-state index is 4.49.